The monoisotopic (exact) mass is 282 g/mol. The van der Waals surface area contributed by atoms with Gasteiger partial charge in [-0.1, -0.05) is 11.6 Å². The van der Waals surface area contributed by atoms with Crippen molar-refractivity contribution in [3.63, 3.8) is 0 Å². The van der Waals surface area contributed by atoms with Crippen LogP contribution in [0.25, 0.3) is 0 Å². The van der Waals surface area contributed by atoms with Gasteiger partial charge in [-0.3, -0.25) is 9.59 Å². The smallest absolute Gasteiger partial charge is 0.306 e. The molecule has 2 N–H and O–H groups in total. The summed E-state index contributed by atoms with van der Waals surface area (Å²) in [6, 6.07) is 3.08. The van der Waals surface area contributed by atoms with E-state index in [9.17, 15) is 9.59 Å². The highest BCUT2D eigenvalue weighted by Gasteiger charge is 2.30. The zero-order valence-corrected chi connectivity index (χ0v) is 11.3. The van der Waals surface area contributed by atoms with Gasteiger partial charge in [0.15, 0.2) is 0 Å². The normalized spacial score (nSPS) is 22.2. The molecule has 1 aromatic rings. The molecule has 1 aliphatic carbocycles. The highest BCUT2D eigenvalue weighted by atomic mass is 35.5. The molecule has 0 radical (unpaired) electrons. The van der Waals surface area contributed by atoms with Gasteiger partial charge in [-0.25, -0.2) is 4.98 Å². The number of nitrogens with zero attached hydrogens (tertiary/aromatic N) is 1. The lowest BCUT2D eigenvalue weighted by atomic mass is 10.1. The number of pyridine rings is 1. The van der Waals surface area contributed by atoms with E-state index in [0.29, 0.717) is 30.5 Å². The van der Waals surface area contributed by atoms with Crippen molar-refractivity contribution in [2.75, 3.05) is 0 Å². The summed E-state index contributed by atoms with van der Waals surface area (Å²) in [4.78, 5) is 26.9. The Balaban J connectivity index is 2.00. The van der Waals surface area contributed by atoms with Crippen molar-refractivity contribution < 1.29 is 14.7 Å². The lowest BCUT2D eigenvalue weighted by Gasteiger charge is -2.12. The number of aromatic nitrogens is 1. The van der Waals surface area contributed by atoms with Gasteiger partial charge in [-0.15, -0.1) is 0 Å². The lowest BCUT2D eigenvalue weighted by molar-refractivity contribution is -0.141. The average Bonchev–Trinajstić information content (AvgIpc) is 2.76. The third-order valence-electron chi connectivity index (χ3n) is 3.30. The van der Waals surface area contributed by atoms with Crippen molar-refractivity contribution in [2.24, 2.45) is 5.92 Å². The molecule has 0 saturated heterocycles. The molecule has 6 heteroatoms. The maximum absolute atomic E-state index is 12.0. The Hall–Kier alpha value is -1.62. The summed E-state index contributed by atoms with van der Waals surface area (Å²) < 4.78 is 0. The van der Waals surface area contributed by atoms with Crippen LogP contribution in [0, 0.1) is 12.8 Å². The van der Waals surface area contributed by atoms with E-state index < -0.39 is 5.97 Å². The molecule has 1 heterocycles. The third kappa shape index (κ3) is 3.44. The van der Waals surface area contributed by atoms with Crippen molar-refractivity contribution >= 4 is 23.5 Å². The topological polar surface area (TPSA) is 79.3 Å². The van der Waals surface area contributed by atoms with E-state index in [1.54, 1.807) is 13.0 Å². The number of hydrogen-bond acceptors (Lipinski definition) is 3. The molecule has 2 atom stereocenters. The predicted octanol–water partition coefficient (Wildman–Crippen LogP) is 2.03. The number of carbonyl (C=O) groups excluding carboxylic acids is 1. The largest absolute Gasteiger partial charge is 0.481 e. The molecule has 2 rings (SSSR count). The second-order valence-electron chi connectivity index (χ2n) is 4.84. The van der Waals surface area contributed by atoms with E-state index in [1.165, 1.54) is 6.07 Å². The van der Waals surface area contributed by atoms with Crippen molar-refractivity contribution in [2.45, 2.75) is 32.2 Å². The summed E-state index contributed by atoms with van der Waals surface area (Å²) in [6.45, 7) is 1.76. The lowest BCUT2D eigenvalue weighted by Crippen LogP contribution is -2.33. The van der Waals surface area contributed by atoms with Crippen LogP contribution in [0.5, 0.6) is 0 Å². The fraction of sp³-hybridized carbons (Fsp3) is 0.462. The van der Waals surface area contributed by atoms with Crippen LogP contribution in [0.2, 0.25) is 5.15 Å². The zero-order chi connectivity index (χ0) is 14.0. The fourth-order valence-corrected chi connectivity index (χ4v) is 2.62. The molecule has 0 bridgehead atoms. The second kappa shape index (κ2) is 5.57. The Labute approximate surface area is 116 Å². The maximum Gasteiger partial charge on any atom is 0.306 e. The highest BCUT2D eigenvalue weighted by Crippen LogP contribution is 2.26. The number of hydrogen-bond donors (Lipinski definition) is 2. The van der Waals surface area contributed by atoms with Crippen LogP contribution in [0.15, 0.2) is 12.1 Å². The number of carbonyl (C=O) groups is 2. The molecule has 1 saturated carbocycles. The molecule has 1 aliphatic rings. The number of aryl methyl sites for hydroxylation is 1. The Bertz CT molecular complexity index is 498. The minimum absolute atomic E-state index is 0.0825. The number of carboxylic acid groups (broad SMARTS) is 1. The summed E-state index contributed by atoms with van der Waals surface area (Å²) in [5.74, 6) is -1.38. The van der Waals surface area contributed by atoms with Gasteiger partial charge in [0.05, 0.1) is 5.92 Å². The zero-order valence-electron chi connectivity index (χ0n) is 10.5. The van der Waals surface area contributed by atoms with Gasteiger partial charge in [0, 0.05) is 17.3 Å². The van der Waals surface area contributed by atoms with Gasteiger partial charge < -0.3 is 10.4 Å². The van der Waals surface area contributed by atoms with Gasteiger partial charge in [-0.2, -0.15) is 0 Å². The second-order valence-corrected chi connectivity index (χ2v) is 5.23. The summed E-state index contributed by atoms with van der Waals surface area (Å²) >= 11 is 5.81. The molecular weight excluding hydrogens is 268 g/mol. The van der Waals surface area contributed by atoms with E-state index in [2.05, 4.69) is 10.3 Å². The number of nitrogens with one attached hydrogen (secondary N) is 1. The maximum atomic E-state index is 12.0. The first-order valence-corrected chi connectivity index (χ1v) is 6.51. The first-order chi connectivity index (χ1) is 8.95. The average molecular weight is 283 g/mol. The molecule has 0 aromatic carbocycles. The summed E-state index contributed by atoms with van der Waals surface area (Å²) in [5.41, 5.74) is 1.13. The fourth-order valence-electron chi connectivity index (χ4n) is 2.36. The summed E-state index contributed by atoms with van der Waals surface area (Å²) in [6.07, 6.45) is 1.79. The molecule has 102 valence electrons. The molecule has 1 amide bonds. The predicted molar refractivity (Wildman–Crippen MR) is 70.2 cm³/mol. The van der Waals surface area contributed by atoms with E-state index in [0.717, 1.165) is 0 Å². The third-order valence-corrected chi connectivity index (χ3v) is 3.50. The molecule has 0 unspecified atom stereocenters. The van der Waals surface area contributed by atoms with E-state index in [4.69, 9.17) is 16.7 Å². The van der Waals surface area contributed by atoms with Crippen molar-refractivity contribution in [1.29, 1.82) is 0 Å². The number of amides is 1. The van der Waals surface area contributed by atoms with E-state index in [-0.39, 0.29) is 23.0 Å². The number of aliphatic carboxylic acids is 1. The van der Waals surface area contributed by atoms with Crippen LogP contribution in [0.1, 0.15) is 35.3 Å². The highest BCUT2D eigenvalue weighted by molar-refractivity contribution is 6.29. The first-order valence-electron chi connectivity index (χ1n) is 6.13. The van der Waals surface area contributed by atoms with Crippen LogP contribution in [0.3, 0.4) is 0 Å². The van der Waals surface area contributed by atoms with Crippen LogP contribution in [0.4, 0.5) is 0 Å². The molecule has 0 aliphatic heterocycles. The van der Waals surface area contributed by atoms with Crippen LogP contribution in [-0.2, 0) is 4.79 Å². The SMILES string of the molecule is Cc1cc(C(=O)N[C@H]2CC[C@@H](C(=O)O)C2)cc(Cl)n1. The quantitative estimate of drug-likeness (QED) is 0.832. The Kier molecular flexibility index (Phi) is 4.04. The molecule has 19 heavy (non-hydrogen) atoms. The number of halogens is 1. The van der Waals surface area contributed by atoms with Gasteiger partial charge >= 0.3 is 5.97 Å². The van der Waals surface area contributed by atoms with Gasteiger partial charge in [0.2, 0.25) is 0 Å². The van der Waals surface area contributed by atoms with Crippen LogP contribution in [-0.4, -0.2) is 28.0 Å². The Morgan fingerprint density at radius 1 is 1.42 bits per heavy atom. The minimum Gasteiger partial charge on any atom is -0.481 e. The van der Waals surface area contributed by atoms with E-state index >= 15 is 0 Å². The Morgan fingerprint density at radius 2 is 2.16 bits per heavy atom. The van der Waals surface area contributed by atoms with Crippen LogP contribution < -0.4 is 5.32 Å². The standard InChI is InChI=1S/C13H15ClN2O3/c1-7-4-9(6-11(14)15-7)12(17)16-10-3-2-8(5-10)13(18)19/h4,6,8,10H,2-3,5H2,1H3,(H,16,17)(H,18,19)/t8-,10+/m1/s1. The summed E-state index contributed by atoms with van der Waals surface area (Å²) in [5, 5.41) is 12.0. The summed E-state index contributed by atoms with van der Waals surface area (Å²) in [7, 11) is 0. The molecule has 5 nitrogen and oxygen atoms in total. The Morgan fingerprint density at radius 3 is 2.74 bits per heavy atom. The van der Waals surface area contributed by atoms with Crippen molar-refractivity contribution in [1.82, 2.24) is 10.3 Å². The van der Waals surface area contributed by atoms with Gasteiger partial charge in [0.25, 0.3) is 5.91 Å². The van der Waals surface area contributed by atoms with Crippen molar-refractivity contribution in [3.05, 3.63) is 28.5 Å². The first kappa shape index (κ1) is 13.8. The van der Waals surface area contributed by atoms with E-state index in [1.807, 2.05) is 0 Å². The number of rotatable bonds is 3. The molecule has 0 spiro atoms. The molecule has 1 fully saturated rings. The van der Waals surface area contributed by atoms with Gasteiger partial charge in [-0.05, 0) is 38.3 Å². The molecule has 1 aromatic heterocycles. The van der Waals surface area contributed by atoms with Gasteiger partial charge in [0.1, 0.15) is 5.15 Å². The van der Waals surface area contributed by atoms with Crippen LogP contribution >= 0.6 is 11.6 Å². The van der Waals surface area contributed by atoms with Crippen molar-refractivity contribution in [3.8, 4) is 0 Å². The number of carboxylic acids is 1. The minimum atomic E-state index is -0.792. The molecular formula is C13H15ClN2O3.